The van der Waals surface area contributed by atoms with Gasteiger partial charge in [0.25, 0.3) is 0 Å². The van der Waals surface area contributed by atoms with Crippen molar-refractivity contribution < 1.29 is 28.2 Å². The van der Waals surface area contributed by atoms with Gasteiger partial charge in [0.1, 0.15) is 6.04 Å². The molecule has 0 aromatic heterocycles. The normalized spacial score (nSPS) is 12.8. The maximum Gasteiger partial charge on any atom is 0.321 e. The van der Waals surface area contributed by atoms with E-state index in [1.807, 2.05) is 4.72 Å². The first-order chi connectivity index (χ1) is 11.2. The van der Waals surface area contributed by atoms with Crippen LogP contribution in [0.25, 0.3) is 10.8 Å². The van der Waals surface area contributed by atoms with E-state index in [1.165, 1.54) is 12.1 Å². The van der Waals surface area contributed by atoms with Crippen LogP contribution in [0.5, 0.6) is 0 Å². The molecule has 8 nitrogen and oxygen atoms in total. The molecule has 5 N–H and O–H groups in total. The molecular weight excluding hydrogens is 336 g/mol. The van der Waals surface area contributed by atoms with Crippen LogP contribution < -0.4 is 10.5 Å². The molecule has 0 aliphatic carbocycles. The molecular formula is C15H16N2O6S. The van der Waals surface area contributed by atoms with Gasteiger partial charge in [0.05, 0.1) is 4.90 Å². The number of carboxylic acid groups (broad SMARTS) is 2. The van der Waals surface area contributed by atoms with Gasteiger partial charge in [-0.1, -0.05) is 24.3 Å². The number of hydrogen-bond donors (Lipinski definition) is 4. The number of nitrogen functional groups attached to an aromatic ring is 1. The molecule has 0 amide bonds. The fourth-order valence-corrected chi connectivity index (χ4v) is 3.72. The molecule has 0 bridgehead atoms. The highest BCUT2D eigenvalue weighted by Gasteiger charge is 2.27. The Labute approximate surface area is 137 Å². The molecule has 24 heavy (non-hydrogen) atoms. The van der Waals surface area contributed by atoms with E-state index in [0.717, 1.165) is 0 Å². The fraction of sp³-hybridized carbons (Fsp3) is 0.200. The number of benzene rings is 2. The van der Waals surface area contributed by atoms with E-state index in [0.29, 0.717) is 16.5 Å². The number of carbonyl (C=O) groups is 2. The molecule has 2 aromatic carbocycles. The second-order valence-electron chi connectivity index (χ2n) is 5.14. The van der Waals surface area contributed by atoms with E-state index in [9.17, 15) is 18.0 Å². The van der Waals surface area contributed by atoms with Crippen molar-refractivity contribution in [2.75, 3.05) is 5.73 Å². The first kappa shape index (κ1) is 17.7. The van der Waals surface area contributed by atoms with Gasteiger partial charge in [-0.05, 0) is 18.6 Å². The number of hydrogen-bond acceptors (Lipinski definition) is 5. The largest absolute Gasteiger partial charge is 0.481 e. The van der Waals surface area contributed by atoms with Gasteiger partial charge < -0.3 is 15.9 Å². The zero-order valence-electron chi connectivity index (χ0n) is 12.5. The summed E-state index contributed by atoms with van der Waals surface area (Å²) in [5, 5.41) is 18.6. The predicted octanol–water partition coefficient (Wildman–Crippen LogP) is 1.02. The van der Waals surface area contributed by atoms with Crippen LogP contribution in [0.4, 0.5) is 5.69 Å². The lowest BCUT2D eigenvalue weighted by Crippen LogP contribution is -2.41. The first-order valence-corrected chi connectivity index (χ1v) is 8.45. The topological polar surface area (TPSA) is 147 Å². The highest BCUT2D eigenvalue weighted by Crippen LogP contribution is 2.27. The van der Waals surface area contributed by atoms with Gasteiger partial charge in [-0.15, -0.1) is 0 Å². The highest BCUT2D eigenvalue weighted by atomic mass is 32.2. The van der Waals surface area contributed by atoms with Gasteiger partial charge in [0.2, 0.25) is 10.0 Å². The number of fused-ring (bicyclic) bond motifs is 1. The van der Waals surface area contributed by atoms with Crippen molar-refractivity contribution in [1.29, 1.82) is 0 Å². The molecule has 0 heterocycles. The van der Waals surface area contributed by atoms with E-state index < -0.39 is 34.4 Å². The Kier molecular flexibility index (Phi) is 5.05. The Morgan fingerprint density at radius 2 is 1.71 bits per heavy atom. The van der Waals surface area contributed by atoms with Crippen molar-refractivity contribution in [3.8, 4) is 0 Å². The summed E-state index contributed by atoms with van der Waals surface area (Å²) in [5.74, 6) is -2.65. The molecule has 0 spiro atoms. The second-order valence-corrected chi connectivity index (χ2v) is 6.83. The monoisotopic (exact) mass is 352 g/mol. The minimum Gasteiger partial charge on any atom is -0.481 e. The van der Waals surface area contributed by atoms with E-state index in [2.05, 4.69) is 0 Å². The number of aliphatic carboxylic acids is 2. The van der Waals surface area contributed by atoms with Crippen molar-refractivity contribution in [2.45, 2.75) is 23.8 Å². The van der Waals surface area contributed by atoms with Crippen LogP contribution in [0.2, 0.25) is 0 Å². The molecule has 1 unspecified atom stereocenters. The molecule has 0 saturated carbocycles. The molecule has 0 radical (unpaired) electrons. The summed E-state index contributed by atoms with van der Waals surface area (Å²) in [6, 6.07) is 7.73. The Bertz CT molecular complexity index is 894. The summed E-state index contributed by atoms with van der Waals surface area (Å²) in [7, 11) is -4.18. The quantitative estimate of drug-likeness (QED) is 0.544. The van der Waals surface area contributed by atoms with E-state index in [4.69, 9.17) is 15.9 Å². The SMILES string of the molecule is Nc1ccc(S(=O)(=O)NC(CCC(=O)O)C(=O)O)c2ccccc12. The lowest BCUT2D eigenvalue weighted by Gasteiger charge is -2.15. The van der Waals surface area contributed by atoms with Crippen LogP contribution in [0.1, 0.15) is 12.8 Å². The average Bonchev–Trinajstić information content (AvgIpc) is 2.51. The smallest absolute Gasteiger partial charge is 0.321 e. The minimum absolute atomic E-state index is 0.117. The van der Waals surface area contributed by atoms with Crippen LogP contribution in [-0.4, -0.2) is 36.6 Å². The third-order valence-corrected chi connectivity index (χ3v) is 4.98. The Morgan fingerprint density at radius 1 is 1.08 bits per heavy atom. The highest BCUT2D eigenvalue weighted by molar-refractivity contribution is 7.89. The van der Waals surface area contributed by atoms with E-state index in [1.54, 1.807) is 24.3 Å². The van der Waals surface area contributed by atoms with Crippen molar-refractivity contribution in [3.63, 3.8) is 0 Å². The van der Waals surface area contributed by atoms with Gasteiger partial charge in [-0.2, -0.15) is 4.72 Å². The molecule has 128 valence electrons. The van der Waals surface area contributed by atoms with E-state index in [-0.39, 0.29) is 11.3 Å². The molecule has 0 saturated heterocycles. The first-order valence-electron chi connectivity index (χ1n) is 6.96. The lowest BCUT2D eigenvalue weighted by atomic mass is 10.1. The molecule has 0 aliphatic heterocycles. The van der Waals surface area contributed by atoms with Crippen molar-refractivity contribution in [2.24, 2.45) is 0 Å². The third-order valence-electron chi connectivity index (χ3n) is 3.45. The predicted molar refractivity (Wildman–Crippen MR) is 87.0 cm³/mol. The Hall–Kier alpha value is -2.65. The number of anilines is 1. The van der Waals surface area contributed by atoms with Crippen molar-refractivity contribution >= 4 is 38.4 Å². The average molecular weight is 352 g/mol. The van der Waals surface area contributed by atoms with Gasteiger partial charge in [-0.3, -0.25) is 9.59 Å². The Morgan fingerprint density at radius 3 is 2.29 bits per heavy atom. The van der Waals surface area contributed by atoms with Crippen LogP contribution in [0.3, 0.4) is 0 Å². The molecule has 1 atom stereocenters. The van der Waals surface area contributed by atoms with Gasteiger partial charge >= 0.3 is 11.9 Å². The van der Waals surface area contributed by atoms with Crippen LogP contribution in [0.15, 0.2) is 41.3 Å². The lowest BCUT2D eigenvalue weighted by molar-refractivity contribution is -0.140. The van der Waals surface area contributed by atoms with Gasteiger partial charge in [0, 0.05) is 22.9 Å². The maximum absolute atomic E-state index is 12.6. The fourth-order valence-electron chi connectivity index (χ4n) is 2.28. The molecule has 2 rings (SSSR count). The van der Waals surface area contributed by atoms with E-state index >= 15 is 0 Å². The number of nitrogens with one attached hydrogen (secondary N) is 1. The summed E-state index contributed by atoms with van der Waals surface area (Å²) in [6.07, 6.45) is -0.835. The number of rotatable bonds is 7. The molecule has 0 aliphatic rings. The van der Waals surface area contributed by atoms with Crippen LogP contribution in [0, 0.1) is 0 Å². The minimum atomic E-state index is -4.18. The Balaban J connectivity index is 2.41. The summed E-state index contributed by atoms with van der Waals surface area (Å²) >= 11 is 0. The number of sulfonamides is 1. The number of nitrogens with two attached hydrogens (primary N) is 1. The van der Waals surface area contributed by atoms with Crippen molar-refractivity contribution in [3.05, 3.63) is 36.4 Å². The van der Waals surface area contributed by atoms with Gasteiger partial charge in [-0.25, -0.2) is 8.42 Å². The summed E-state index contributed by atoms with van der Waals surface area (Å²) in [5.41, 5.74) is 6.22. The maximum atomic E-state index is 12.6. The van der Waals surface area contributed by atoms with Crippen LogP contribution >= 0.6 is 0 Å². The van der Waals surface area contributed by atoms with Crippen LogP contribution in [-0.2, 0) is 19.6 Å². The number of carboxylic acids is 2. The van der Waals surface area contributed by atoms with Gasteiger partial charge in [0.15, 0.2) is 0 Å². The van der Waals surface area contributed by atoms with Crippen molar-refractivity contribution in [1.82, 2.24) is 4.72 Å². The zero-order chi connectivity index (χ0) is 17.9. The summed E-state index contributed by atoms with van der Waals surface area (Å²) in [6.45, 7) is 0. The molecule has 9 heteroatoms. The zero-order valence-corrected chi connectivity index (χ0v) is 13.3. The third kappa shape index (κ3) is 3.81. The molecule has 2 aromatic rings. The second kappa shape index (κ2) is 6.85. The summed E-state index contributed by atoms with van der Waals surface area (Å²) in [4.78, 5) is 21.7. The standard InChI is InChI=1S/C15H16N2O6S/c16-11-5-7-13(10-4-2-1-3-9(10)11)24(22,23)17-12(15(20)21)6-8-14(18)19/h1-5,7,12,17H,6,8,16H2,(H,18,19)(H,20,21). The molecule has 0 fully saturated rings. The summed E-state index contributed by atoms with van der Waals surface area (Å²) < 4.78 is 27.2.